The number of aromatic nitrogens is 2. The van der Waals surface area contributed by atoms with Gasteiger partial charge in [0.05, 0.1) is 41.4 Å². The molecule has 1 aromatic carbocycles. The molecule has 1 heterocycles. The zero-order valence-electron chi connectivity index (χ0n) is 24.0. The van der Waals surface area contributed by atoms with Gasteiger partial charge < -0.3 is 15.1 Å². The summed E-state index contributed by atoms with van der Waals surface area (Å²) >= 11 is 0. The molecule has 7 nitrogen and oxygen atoms in total. The van der Waals surface area contributed by atoms with Crippen molar-refractivity contribution in [3.8, 4) is 0 Å². The van der Waals surface area contributed by atoms with Crippen LogP contribution in [-0.2, 0) is 17.1 Å². The molecule has 0 aliphatic heterocycles. The highest BCUT2D eigenvalue weighted by molar-refractivity contribution is 5.95. The fourth-order valence-corrected chi connectivity index (χ4v) is 7.39. The van der Waals surface area contributed by atoms with Crippen molar-refractivity contribution in [2.75, 3.05) is 6.54 Å². The van der Waals surface area contributed by atoms with Gasteiger partial charge in [-0.3, -0.25) is 14.3 Å². The Kier molecular flexibility index (Phi) is 7.67. The predicted octanol–water partition coefficient (Wildman–Crippen LogP) is 6.74. The number of fused-ring (bicyclic) bond motifs is 1. The molecular weight excluding hydrogens is 580 g/mol. The fraction of sp³-hybridized carbons (Fsp3) is 0.633. The van der Waals surface area contributed by atoms with Crippen LogP contribution in [-0.4, -0.2) is 49.4 Å². The van der Waals surface area contributed by atoms with E-state index in [4.69, 9.17) is 0 Å². The summed E-state index contributed by atoms with van der Waals surface area (Å²) < 4.78 is 85.6. The SMILES string of the molecule is CC1(C)[C@@H]2C[C@H](N(C[C@H](O)c3ccccc3C(F)(F)F)C(=O)c3cnn([C@H]4CC[C@](C)(C(=O)O)CC4)c3C(F)(F)F)C[C@@H]21. The van der Waals surface area contributed by atoms with Crippen molar-refractivity contribution >= 4 is 11.9 Å². The molecule has 13 heteroatoms. The van der Waals surface area contributed by atoms with Crippen molar-refractivity contribution in [3.05, 3.63) is 52.8 Å². The molecular formula is C30H35F6N3O4. The largest absolute Gasteiger partial charge is 0.481 e. The molecule has 43 heavy (non-hydrogen) atoms. The maximum absolute atomic E-state index is 14.6. The molecule has 5 rings (SSSR count). The van der Waals surface area contributed by atoms with Crippen LogP contribution in [0.25, 0.3) is 0 Å². The number of benzene rings is 1. The van der Waals surface area contributed by atoms with Gasteiger partial charge >= 0.3 is 18.3 Å². The highest BCUT2D eigenvalue weighted by atomic mass is 19.4. The van der Waals surface area contributed by atoms with Gasteiger partial charge in [-0.1, -0.05) is 32.0 Å². The van der Waals surface area contributed by atoms with E-state index in [0.717, 1.165) is 27.9 Å². The van der Waals surface area contributed by atoms with E-state index in [1.165, 1.54) is 12.1 Å². The number of aliphatic hydroxyl groups is 1. The molecule has 3 fully saturated rings. The molecule has 0 spiro atoms. The monoisotopic (exact) mass is 615 g/mol. The Morgan fingerprint density at radius 2 is 1.60 bits per heavy atom. The predicted molar refractivity (Wildman–Crippen MR) is 142 cm³/mol. The molecule has 1 aromatic heterocycles. The first kappa shape index (κ1) is 31.3. The number of carbonyl (C=O) groups excluding carboxylic acids is 1. The summed E-state index contributed by atoms with van der Waals surface area (Å²) in [5, 5.41) is 24.5. The highest BCUT2D eigenvalue weighted by Gasteiger charge is 2.63. The van der Waals surface area contributed by atoms with E-state index < -0.39 is 76.8 Å². The van der Waals surface area contributed by atoms with Gasteiger partial charge in [0, 0.05) is 6.04 Å². The maximum atomic E-state index is 14.6. The molecule has 2 N–H and O–H groups in total. The number of carboxylic acid groups (broad SMARTS) is 1. The average molecular weight is 616 g/mol. The molecule has 0 unspecified atom stereocenters. The van der Waals surface area contributed by atoms with E-state index in [0.29, 0.717) is 12.8 Å². The summed E-state index contributed by atoms with van der Waals surface area (Å²) in [7, 11) is 0. The molecule has 3 aliphatic carbocycles. The minimum Gasteiger partial charge on any atom is -0.481 e. The van der Waals surface area contributed by atoms with Crippen LogP contribution in [0.4, 0.5) is 26.3 Å². The molecule has 4 atom stereocenters. The molecule has 236 valence electrons. The summed E-state index contributed by atoms with van der Waals surface area (Å²) in [5.74, 6) is -1.67. The van der Waals surface area contributed by atoms with Crippen LogP contribution in [0.1, 0.15) is 98.6 Å². The number of aliphatic carboxylic acids is 1. The third kappa shape index (κ3) is 5.64. The van der Waals surface area contributed by atoms with Crippen LogP contribution in [0, 0.1) is 22.7 Å². The third-order valence-electron chi connectivity index (χ3n) is 10.3. The molecule has 0 radical (unpaired) electrons. The van der Waals surface area contributed by atoms with Crippen LogP contribution in [0.2, 0.25) is 0 Å². The summed E-state index contributed by atoms with van der Waals surface area (Å²) in [4.78, 5) is 26.7. The number of nitrogens with zero attached hydrogens (tertiary/aromatic N) is 3. The Balaban J connectivity index is 1.48. The molecule has 0 saturated heterocycles. The zero-order valence-corrected chi connectivity index (χ0v) is 24.0. The normalized spacial score (nSPS) is 29.2. The lowest BCUT2D eigenvalue weighted by molar-refractivity contribution is -0.152. The number of rotatable bonds is 7. The summed E-state index contributed by atoms with van der Waals surface area (Å²) in [6, 6.07) is 3.03. The van der Waals surface area contributed by atoms with E-state index in [1.54, 1.807) is 6.92 Å². The van der Waals surface area contributed by atoms with Crippen LogP contribution >= 0.6 is 0 Å². The van der Waals surface area contributed by atoms with Gasteiger partial charge in [0.1, 0.15) is 0 Å². The zero-order chi connectivity index (χ0) is 31.7. The van der Waals surface area contributed by atoms with E-state index >= 15 is 0 Å². The van der Waals surface area contributed by atoms with Gasteiger partial charge in [-0.2, -0.15) is 31.4 Å². The Morgan fingerprint density at radius 3 is 2.14 bits per heavy atom. The first-order valence-electron chi connectivity index (χ1n) is 14.4. The lowest BCUT2D eigenvalue weighted by atomic mass is 9.74. The minimum absolute atomic E-state index is 0.000164. The van der Waals surface area contributed by atoms with Crippen molar-refractivity contribution in [2.45, 2.75) is 89.8 Å². The van der Waals surface area contributed by atoms with Crippen LogP contribution in [0.5, 0.6) is 0 Å². The Bertz CT molecular complexity index is 1380. The molecule has 3 saturated carbocycles. The van der Waals surface area contributed by atoms with Gasteiger partial charge in [0.2, 0.25) is 0 Å². The first-order chi connectivity index (χ1) is 19.9. The number of carboxylic acids is 1. The van der Waals surface area contributed by atoms with Crippen LogP contribution < -0.4 is 0 Å². The number of alkyl halides is 6. The van der Waals surface area contributed by atoms with E-state index in [1.807, 2.05) is 0 Å². The Morgan fingerprint density at radius 1 is 1.02 bits per heavy atom. The van der Waals surface area contributed by atoms with Gasteiger partial charge in [-0.15, -0.1) is 0 Å². The fourth-order valence-electron chi connectivity index (χ4n) is 7.39. The van der Waals surface area contributed by atoms with E-state index in [2.05, 4.69) is 18.9 Å². The topological polar surface area (TPSA) is 95.7 Å². The van der Waals surface area contributed by atoms with Crippen molar-refractivity contribution in [1.29, 1.82) is 0 Å². The maximum Gasteiger partial charge on any atom is 0.433 e. The second kappa shape index (κ2) is 10.5. The van der Waals surface area contributed by atoms with E-state index in [9.17, 15) is 46.1 Å². The summed E-state index contributed by atoms with van der Waals surface area (Å²) in [6.07, 6.45) is -9.35. The second-order valence-corrected chi connectivity index (χ2v) is 13.2. The smallest absolute Gasteiger partial charge is 0.433 e. The minimum atomic E-state index is -5.00. The molecule has 2 aromatic rings. The third-order valence-corrected chi connectivity index (χ3v) is 10.3. The van der Waals surface area contributed by atoms with Crippen LogP contribution in [0.15, 0.2) is 30.5 Å². The Labute approximate surface area is 244 Å². The summed E-state index contributed by atoms with van der Waals surface area (Å²) in [6.45, 7) is 5.04. The van der Waals surface area contributed by atoms with Crippen molar-refractivity contribution in [3.63, 3.8) is 0 Å². The summed E-state index contributed by atoms with van der Waals surface area (Å²) in [5.41, 5.74) is -4.64. The lowest BCUT2D eigenvalue weighted by Crippen LogP contribution is -2.43. The standard InChI is InChI=1S/C30H35F6N3O4/c1-27(2)21-12-17(13-22(21)27)38(15-23(40)18-6-4-5-7-20(18)29(31,32)33)25(41)19-14-37-39(24(19)30(34,35)36)16-8-10-28(3,11-9-16)26(42)43/h4-7,14,16-17,21-23,40H,8-13,15H2,1-3H3,(H,42,43)/t16-,17-,21+,22-,23-,28-/m0/s1. The molecule has 0 bridgehead atoms. The number of hydrogen-bond acceptors (Lipinski definition) is 4. The number of halogens is 6. The van der Waals surface area contributed by atoms with Crippen molar-refractivity contribution in [2.24, 2.45) is 22.7 Å². The quantitative estimate of drug-likeness (QED) is 0.337. The molecule has 3 aliphatic rings. The number of amides is 1. The number of aliphatic hydroxyl groups excluding tert-OH is 1. The average Bonchev–Trinajstić information content (AvgIpc) is 3.35. The van der Waals surface area contributed by atoms with E-state index in [-0.39, 0.29) is 42.9 Å². The second-order valence-electron chi connectivity index (χ2n) is 13.2. The van der Waals surface area contributed by atoms with Gasteiger partial charge in [-0.25, -0.2) is 0 Å². The highest BCUT2D eigenvalue weighted by Crippen LogP contribution is 2.67. The van der Waals surface area contributed by atoms with Gasteiger partial charge in [-0.05, 0) is 74.3 Å². The first-order valence-corrected chi connectivity index (χ1v) is 14.4. The van der Waals surface area contributed by atoms with Gasteiger partial charge in [0.25, 0.3) is 5.91 Å². The Hall–Kier alpha value is -3.09. The number of carbonyl (C=O) groups is 2. The van der Waals surface area contributed by atoms with Crippen molar-refractivity contribution < 1.29 is 46.1 Å². The van der Waals surface area contributed by atoms with Crippen molar-refractivity contribution in [1.82, 2.24) is 14.7 Å². The molecule has 1 amide bonds. The van der Waals surface area contributed by atoms with Crippen LogP contribution in [0.3, 0.4) is 0 Å². The lowest BCUT2D eigenvalue weighted by Gasteiger charge is -2.35. The number of hydrogen-bond donors (Lipinski definition) is 2. The van der Waals surface area contributed by atoms with Gasteiger partial charge in [0.15, 0.2) is 5.69 Å².